The fourth-order valence-electron chi connectivity index (χ4n) is 2.23. The van der Waals surface area contributed by atoms with Crippen molar-refractivity contribution < 1.29 is 13.2 Å². The Hall–Kier alpha value is -0.690. The van der Waals surface area contributed by atoms with Crippen LogP contribution in [0, 0.1) is 18.3 Å². The maximum absolute atomic E-state index is 12.4. The molecule has 1 unspecified atom stereocenters. The van der Waals surface area contributed by atoms with Crippen LogP contribution in [0.2, 0.25) is 0 Å². The summed E-state index contributed by atoms with van der Waals surface area (Å²) in [7, 11) is 0. The molecule has 1 rings (SSSR count). The van der Waals surface area contributed by atoms with Gasteiger partial charge in [0.25, 0.3) is 0 Å². The molecular formula is C12H18F3N. The molecule has 1 saturated carbocycles. The highest BCUT2D eigenvalue weighted by molar-refractivity contribution is 4.90. The van der Waals surface area contributed by atoms with E-state index >= 15 is 0 Å². The van der Waals surface area contributed by atoms with Crippen molar-refractivity contribution in [3.8, 4) is 12.3 Å². The lowest BCUT2D eigenvalue weighted by Crippen LogP contribution is -2.40. The molecule has 0 aromatic heterocycles. The number of alkyl halides is 3. The largest absolute Gasteiger partial charge is 0.391 e. The van der Waals surface area contributed by atoms with E-state index in [0.717, 1.165) is 0 Å². The average Bonchev–Trinajstić information content (AvgIpc) is 2.17. The van der Waals surface area contributed by atoms with Gasteiger partial charge in [-0.15, -0.1) is 12.3 Å². The highest BCUT2D eigenvalue weighted by Gasteiger charge is 2.41. The molecule has 1 nitrogen and oxygen atoms in total. The lowest BCUT2D eigenvalue weighted by Gasteiger charge is -2.31. The number of terminal acetylenes is 1. The SMILES string of the molecule is C#CCC(C)NC1CCC(C(F)(F)F)CC1. The second-order valence-electron chi connectivity index (χ2n) is 4.57. The van der Waals surface area contributed by atoms with Crippen LogP contribution in [0.3, 0.4) is 0 Å². The van der Waals surface area contributed by atoms with Crippen molar-refractivity contribution in [1.82, 2.24) is 5.32 Å². The standard InChI is InChI=1S/C12H18F3N/c1-3-4-9(2)16-11-7-5-10(6-8-11)12(13,14)15/h1,9-11,16H,4-8H2,2H3. The van der Waals surface area contributed by atoms with Crippen LogP contribution in [0.25, 0.3) is 0 Å². The van der Waals surface area contributed by atoms with Gasteiger partial charge in [0.1, 0.15) is 0 Å². The number of hydrogen-bond donors (Lipinski definition) is 1. The zero-order chi connectivity index (χ0) is 12.2. The zero-order valence-corrected chi connectivity index (χ0v) is 9.48. The Bertz CT molecular complexity index is 246. The third kappa shape index (κ3) is 4.05. The first-order valence-corrected chi connectivity index (χ1v) is 5.69. The summed E-state index contributed by atoms with van der Waals surface area (Å²) in [4.78, 5) is 0. The van der Waals surface area contributed by atoms with Gasteiger partial charge in [-0.1, -0.05) is 0 Å². The van der Waals surface area contributed by atoms with Gasteiger partial charge in [-0.2, -0.15) is 13.2 Å². The molecule has 0 bridgehead atoms. The molecule has 0 heterocycles. The number of nitrogens with one attached hydrogen (secondary N) is 1. The predicted octanol–water partition coefficient (Wildman–Crippen LogP) is 3.11. The van der Waals surface area contributed by atoms with E-state index in [0.29, 0.717) is 19.3 Å². The van der Waals surface area contributed by atoms with Crippen molar-refractivity contribution in [2.45, 2.75) is 57.3 Å². The fraction of sp³-hybridized carbons (Fsp3) is 0.833. The van der Waals surface area contributed by atoms with Crippen LogP contribution in [0.1, 0.15) is 39.0 Å². The molecule has 0 aromatic carbocycles. The first-order chi connectivity index (χ1) is 7.43. The highest BCUT2D eigenvalue weighted by atomic mass is 19.4. The molecule has 1 atom stereocenters. The van der Waals surface area contributed by atoms with Crippen LogP contribution in [0.15, 0.2) is 0 Å². The predicted molar refractivity (Wildman–Crippen MR) is 57.8 cm³/mol. The second-order valence-corrected chi connectivity index (χ2v) is 4.57. The molecule has 16 heavy (non-hydrogen) atoms. The topological polar surface area (TPSA) is 12.0 Å². The fourth-order valence-corrected chi connectivity index (χ4v) is 2.23. The summed E-state index contributed by atoms with van der Waals surface area (Å²) in [5, 5.41) is 3.28. The summed E-state index contributed by atoms with van der Waals surface area (Å²) in [5.41, 5.74) is 0. The van der Waals surface area contributed by atoms with Gasteiger partial charge in [-0.25, -0.2) is 0 Å². The van der Waals surface area contributed by atoms with Crippen molar-refractivity contribution in [2.24, 2.45) is 5.92 Å². The van der Waals surface area contributed by atoms with E-state index in [1.165, 1.54) is 0 Å². The minimum atomic E-state index is -4.02. The van der Waals surface area contributed by atoms with Crippen LogP contribution < -0.4 is 5.32 Å². The van der Waals surface area contributed by atoms with Gasteiger partial charge >= 0.3 is 6.18 Å². The molecule has 1 N–H and O–H groups in total. The maximum Gasteiger partial charge on any atom is 0.391 e. The third-order valence-electron chi connectivity index (χ3n) is 3.13. The Balaban J connectivity index is 2.30. The quantitative estimate of drug-likeness (QED) is 0.738. The van der Waals surface area contributed by atoms with Gasteiger partial charge in [0.15, 0.2) is 0 Å². The van der Waals surface area contributed by atoms with E-state index in [9.17, 15) is 13.2 Å². The molecule has 0 spiro atoms. The Morgan fingerprint density at radius 2 is 1.88 bits per heavy atom. The Morgan fingerprint density at radius 3 is 2.31 bits per heavy atom. The minimum Gasteiger partial charge on any atom is -0.311 e. The summed E-state index contributed by atoms with van der Waals surface area (Å²) >= 11 is 0. The maximum atomic E-state index is 12.4. The van der Waals surface area contributed by atoms with Crippen molar-refractivity contribution >= 4 is 0 Å². The lowest BCUT2D eigenvalue weighted by atomic mass is 9.85. The zero-order valence-electron chi connectivity index (χ0n) is 9.48. The molecular weight excluding hydrogens is 215 g/mol. The summed E-state index contributed by atoms with van der Waals surface area (Å²) in [6.45, 7) is 1.97. The summed E-state index contributed by atoms with van der Waals surface area (Å²) in [6.07, 6.45) is 3.45. The van der Waals surface area contributed by atoms with E-state index in [1.807, 2.05) is 6.92 Å². The molecule has 92 valence electrons. The monoisotopic (exact) mass is 233 g/mol. The van der Waals surface area contributed by atoms with E-state index in [4.69, 9.17) is 6.42 Å². The molecule has 0 radical (unpaired) electrons. The number of hydrogen-bond acceptors (Lipinski definition) is 1. The number of rotatable bonds is 3. The normalized spacial score (nSPS) is 28.4. The van der Waals surface area contributed by atoms with Crippen LogP contribution in [-0.4, -0.2) is 18.3 Å². The first kappa shape index (κ1) is 13.4. The van der Waals surface area contributed by atoms with E-state index in [-0.39, 0.29) is 24.9 Å². The molecule has 0 aliphatic heterocycles. The van der Waals surface area contributed by atoms with E-state index < -0.39 is 12.1 Å². The Kier molecular flexibility index (Phi) is 4.67. The van der Waals surface area contributed by atoms with Gasteiger partial charge in [0.05, 0.1) is 5.92 Å². The van der Waals surface area contributed by atoms with Crippen LogP contribution in [-0.2, 0) is 0 Å². The Morgan fingerprint density at radius 1 is 1.31 bits per heavy atom. The third-order valence-corrected chi connectivity index (χ3v) is 3.13. The molecule has 0 saturated heterocycles. The molecule has 1 aliphatic carbocycles. The number of halogens is 3. The van der Waals surface area contributed by atoms with Crippen molar-refractivity contribution in [3.05, 3.63) is 0 Å². The molecule has 1 fully saturated rings. The van der Waals surface area contributed by atoms with Gasteiger partial charge in [-0.05, 0) is 32.6 Å². The summed E-state index contributed by atoms with van der Waals surface area (Å²) in [6, 6.07) is 0.388. The molecule has 4 heteroatoms. The first-order valence-electron chi connectivity index (χ1n) is 5.69. The van der Waals surface area contributed by atoms with Crippen LogP contribution in [0.5, 0.6) is 0 Å². The van der Waals surface area contributed by atoms with E-state index in [2.05, 4.69) is 11.2 Å². The summed E-state index contributed by atoms with van der Waals surface area (Å²) < 4.78 is 37.2. The van der Waals surface area contributed by atoms with Gasteiger partial charge < -0.3 is 5.32 Å². The molecule has 1 aliphatic rings. The van der Waals surface area contributed by atoms with E-state index in [1.54, 1.807) is 0 Å². The highest BCUT2D eigenvalue weighted by Crippen LogP contribution is 2.37. The molecule has 0 aromatic rings. The lowest BCUT2D eigenvalue weighted by molar-refractivity contribution is -0.182. The van der Waals surface area contributed by atoms with Crippen molar-refractivity contribution in [2.75, 3.05) is 0 Å². The van der Waals surface area contributed by atoms with Crippen LogP contribution in [0.4, 0.5) is 13.2 Å². The smallest absolute Gasteiger partial charge is 0.311 e. The van der Waals surface area contributed by atoms with Gasteiger partial charge in [0.2, 0.25) is 0 Å². The van der Waals surface area contributed by atoms with Gasteiger partial charge in [-0.3, -0.25) is 0 Å². The van der Waals surface area contributed by atoms with Crippen molar-refractivity contribution in [3.63, 3.8) is 0 Å². The van der Waals surface area contributed by atoms with Gasteiger partial charge in [0, 0.05) is 18.5 Å². The van der Waals surface area contributed by atoms with Crippen LogP contribution >= 0.6 is 0 Å². The minimum absolute atomic E-state index is 0.192. The van der Waals surface area contributed by atoms with Crippen molar-refractivity contribution in [1.29, 1.82) is 0 Å². The average molecular weight is 233 g/mol. The summed E-state index contributed by atoms with van der Waals surface area (Å²) in [5.74, 6) is 1.44. The Labute approximate surface area is 94.8 Å². The second kappa shape index (κ2) is 5.58. The molecule has 0 amide bonds.